The number of phenolic OH excluding ortho intramolecular Hbond substituents is 1. The maximum atomic E-state index is 13.8. The molecule has 0 amide bonds. The van der Waals surface area contributed by atoms with Crippen molar-refractivity contribution in [2.45, 2.75) is 19.8 Å². The molecule has 0 fully saturated rings. The number of thiophene rings is 1. The van der Waals surface area contributed by atoms with Gasteiger partial charge in [0.25, 0.3) is 12.3 Å². The van der Waals surface area contributed by atoms with Crippen molar-refractivity contribution in [1.82, 2.24) is 4.57 Å². The number of aromatic hydroxyl groups is 1. The van der Waals surface area contributed by atoms with E-state index in [0.717, 1.165) is 22.8 Å². The number of fused-ring (bicyclic) bond motifs is 1. The molecule has 0 bridgehead atoms. The van der Waals surface area contributed by atoms with Crippen LogP contribution >= 0.6 is 11.3 Å². The van der Waals surface area contributed by atoms with Crippen LogP contribution in [0.15, 0.2) is 24.3 Å². The predicted molar refractivity (Wildman–Crippen MR) is 88.6 cm³/mol. The number of phenols is 1. The molecule has 26 heavy (non-hydrogen) atoms. The summed E-state index contributed by atoms with van der Waals surface area (Å²) < 4.78 is 40.4. The molecule has 0 aliphatic heterocycles. The molecule has 0 spiro atoms. The van der Waals surface area contributed by atoms with E-state index in [2.05, 4.69) is 0 Å². The van der Waals surface area contributed by atoms with Gasteiger partial charge in [0.2, 0.25) is 0 Å². The molecule has 2 N–H and O–H groups in total. The molecule has 9 heteroatoms. The van der Waals surface area contributed by atoms with Crippen LogP contribution in [-0.2, 0) is 11.2 Å². The molecule has 0 unspecified atom stereocenters. The van der Waals surface area contributed by atoms with E-state index < -0.39 is 36.3 Å². The zero-order chi connectivity index (χ0) is 19.2. The van der Waals surface area contributed by atoms with Gasteiger partial charge in [-0.1, -0.05) is 0 Å². The van der Waals surface area contributed by atoms with E-state index in [1.54, 1.807) is 0 Å². The fraction of sp³-hybridized carbons (Fsp3) is 0.176. The number of aromatic nitrogens is 1. The van der Waals surface area contributed by atoms with Crippen molar-refractivity contribution in [1.29, 1.82) is 0 Å². The number of alkyl halides is 2. The quantitative estimate of drug-likeness (QED) is 0.711. The van der Waals surface area contributed by atoms with Crippen LogP contribution in [0.5, 0.6) is 5.75 Å². The van der Waals surface area contributed by atoms with Crippen LogP contribution in [0.4, 0.5) is 13.2 Å². The number of nitrogens with zero attached hydrogens (tertiary/aromatic N) is 1. The molecule has 1 aromatic carbocycles. The third-order valence-electron chi connectivity index (χ3n) is 3.99. The van der Waals surface area contributed by atoms with Gasteiger partial charge in [-0.05, 0) is 30.7 Å². The van der Waals surface area contributed by atoms with E-state index in [1.807, 2.05) is 0 Å². The van der Waals surface area contributed by atoms with Crippen molar-refractivity contribution in [3.63, 3.8) is 0 Å². The van der Waals surface area contributed by atoms with Gasteiger partial charge < -0.3 is 10.2 Å². The first-order valence-electron chi connectivity index (χ1n) is 7.37. The molecule has 0 atom stereocenters. The Kier molecular flexibility index (Phi) is 4.49. The summed E-state index contributed by atoms with van der Waals surface area (Å²) >= 11 is 0.612. The van der Waals surface area contributed by atoms with Crippen molar-refractivity contribution in [2.24, 2.45) is 0 Å². The third-order valence-corrected chi connectivity index (χ3v) is 5.07. The number of benzene rings is 1. The maximum Gasteiger partial charge on any atom is 0.307 e. The molecule has 3 rings (SSSR count). The van der Waals surface area contributed by atoms with E-state index in [4.69, 9.17) is 5.11 Å². The number of carboxylic acids is 1. The number of hydrogen-bond donors (Lipinski definition) is 2. The Hall–Kier alpha value is -2.81. The third kappa shape index (κ3) is 2.94. The molecule has 2 heterocycles. The Morgan fingerprint density at radius 3 is 2.54 bits per heavy atom. The first kappa shape index (κ1) is 18.0. The summed E-state index contributed by atoms with van der Waals surface area (Å²) in [6.45, 7) is 1.48. The largest absolute Gasteiger partial charge is 0.505 e. The summed E-state index contributed by atoms with van der Waals surface area (Å²) in [7, 11) is 0. The number of rotatable bonds is 4. The Balaban J connectivity index is 2.23. The van der Waals surface area contributed by atoms with Crippen LogP contribution in [0.3, 0.4) is 0 Å². The number of halogens is 3. The van der Waals surface area contributed by atoms with Crippen LogP contribution in [0.1, 0.15) is 32.2 Å². The lowest BCUT2D eigenvalue weighted by Gasteiger charge is -2.06. The van der Waals surface area contributed by atoms with Crippen molar-refractivity contribution < 1.29 is 33.0 Å². The van der Waals surface area contributed by atoms with Crippen molar-refractivity contribution in [3.05, 3.63) is 51.1 Å². The maximum absolute atomic E-state index is 13.8. The van der Waals surface area contributed by atoms with Gasteiger partial charge in [0.15, 0.2) is 11.6 Å². The second kappa shape index (κ2) is 6.49. The number of carbonyl (C=O) groups is 2. The highest BCUT2D eigenvalue weighted by Gasteiger charge is 2.24. The van der Waals surface area contributed by atoms with Crippen LogP contribution in [-0.4, -0.2) is 26.7 Å². The number of aliphatic carboxylic acids is 1. The molecule has 2 aromatic heterocycles. The normalized spacial score (nSPS) is 11.4. The second-order valence-corrected chi connectivity index (χ2v) is 6.71. The van der Waals surface area contributed by atoms with Crippen molar-refractivity contribution >= 4 is 34.1 Å². The summed E-state index contributed by atoms with van der Waals surface area (Å²) in [6, 6.07) is 4.35. The Labute approximate surface area is 148 Å². The van der Waals surface area contributed by atoms with Gasteiger partial charge in [-0.3, -0.25) is 14.2 Å². The summed E-state index contributed by atoms with van der Waals surface area (Å²) in [5, 5.41) is 18.9. The molecule has 136 valence electrons. The average Bonchev–Trinajstić information content (AvgIpc) is 3.13. The molecule has 0 saturated carbocycles. The average molecular weight is 383 g/mol. The summed E-state index contributed by atoms with van der Waals surface area (Å²) in [5.74, 6) is -3.50. The molecule has 0 aliphatic rings. The number of hydrogen-bond acceptors (Lipinski definition) is 4. The smallest absolute Gasteiger partial charge is 0.307 e. The molecule has 3 aromatic rings. The minimum atomic E-state index is -2.72. The first-order valence-corrected chi connectivity index (χ1v) is 8.19. The van der Waals surface area contributed by atoms with Gasteiger partial charge in [0.05, 0.1) is 21.7 Å². The minimum Gasteiger partial charge on any atom is -0.505 e. The van der Waals surface area contributed by atoms with E-state index in [1.165, 1.54) is 13.0 Å². The topological polar surface area (TPSA) is 79.5 Å². The number of carbonyl (C=O) groups excluding carboxylic acids is 1. The fourth-order valence-electron chi connectivity index (χ4n) is 2.82. The molecule has 0 radical (unpaired) electrons. The SMILES string of the molecule is Cc1c(CC(=O)O)c2cc(O)c(F)cc2n1C(=O)c1ccc(C(F)F)s1. The van der Waals surface area contributed by atoms with Crippen molar-refractivity contribution in [3.8, 4) is 5.75 Å². The Morgan fingerprint density at radius 2 is 1.96 bits per heavy atom. The Bertz CT molecular complexity index is 1040. The standard InChI is InChI=1S/C17H12F3NO4S/c1-7-8(5-15(23)24)9-4-12(22)10(18)6-11(9)21(7)17(25)14-3-2-13(26-14)16(19)20/h2-4,6,16,22H,5H2,1H3,(H,23,24). The Morgan fingerprint density at radius 1 is 1.27 bits per heavy atom. The van der Waals surface area contributed by atoms with Gasteiger partial charge >= 0.3 is 5.97 Å². The lowest BCUT2D eigenvalue weighted by molar-refractivity contribution is -0.136. The molecular formula is C17H12F3NO4S. The summed E-state index contributed by atoms with van der Waals surface area (Å²) in [5.41, 5.74) is 0.539. The fourth-order valence-corrected chi connectivity index (χ4v) is 3.61. The zero-order valence-corrected chi connectivity index (χ0v) is 14.1. The van der Waals surface area contributed by atoms with Gasteiger partial charge in [0.1, 0.15) is 0 Å². The second-order valence-electron chi connectivity index (χ2n) is 5.60. The first-order chi connectivity index (χ1) is 12.2. The predicted octanol–water partition coefficient (Wildman–Crippen LogP) is 4.11. The summed E-state index contributed by atoms with van der Waals surface area (Å²) in [6.07, 6.45) is -3.17. The lowest BCUT2D eigenvalue weighted by Crippen LogP contribution is -2.13. The van der Waals surface area contributed by atoms with Crippen LogP contribution in [0, 0.1) is 12.7 Å². The van der Waals surface area contributed by atoms with E-state index >= 15 is 0 Å². The van der Waals surface area contributed by atoms with E-state index in [-0.39, 0.29) is 31.9 Å². The summed E-state index contributed by atoms with van der Waals surface area (Å²) in [4.78, 5) is 23.7. The van der Waals surface area contributed by atoms with Crippen LogP contribution < -0.4 is 0 Å². The highest BCUT2D eigenvalue weighted by Crippen LogP contribution is 2.34. The number of carboxylic acid groups (broad SMARTS) is 1. The minimum absolute atomic E-state index is 0.00987. The van der Waals surface area contributed by atoms with Gasteiger partial charge in [-0.2, -0.15) is 0 Å². The monoisotopic (exact) mass is 383 g/mol. The highest BCUT2D eigenvalue weighted by atomic mass is 32.1. The van der Waals surface area contributed by atoms with Crippen LogP contribution in [0.25, 0.3) is 10.9 Å². The van der Waals surface area contributed by atoms with Crippen molar-refractivity contribution in [2.75, 3.05) is 0 Å². The van der Waals surface area contributed by atoms with Gasteiger partial charge in [-0.15, -0.1) is 11.3 Å². The highest BCUT2D eigenvalue weighted by molar-refractivity contribution is 7.14. The van der Waals surface area contributed by atoms with E-state index in [9.17, 15) is 27.9 Å². The van der Waals surface area contributed by atoms with E-state index in [0.29, 0.717) is 11.3 Å². The lowest BCUT2D eigenvalue weighted by atomic mass is 10.1. The molecular weight excluding hydrogens is 371 g/mol. The zero-order valence-electron chi connectivity index (χ0n) is 13.3. The molecule has 5 nitrogen and oxygen atoms in total. The van der Waals surface area contributed by atoms with Gasteiger partial charge in [-0.25, -0.2) is 13.2 Å². The molecule has 0 saturated heterocycles. The molecule has 0 aliphatic carbocycles. The van der Waals surface area contributed by atoms with Gasteiger partial charge in [0, 0.05) is 17.1 Å². The van der Waals surface area contributed by atoms with Crippen LogP contribution in [0.2, 0.25) is 0 Å².